The second-order valence-corrected chi connectivity index (χ2v) is 7.52. The van der Waals surface area contributed by atoms with E-state index in [1.165, 1.54) is 54.0 Å². The Morgan fingerprint density at radius 3 is 2.42 bits per heavy atom. The van der Waals surface area contributed by atoms with Crippen molar-refractivity contribution in [1.82, 2.24) is 4.98 Å². The van der Waals surface area contributed by atoms with Gasteiger partial charge in [-0.3, -0.25) is 4.98 Å². The number of para-hydroxylation sites is 2. The molecule has 126 valence electrons. The van der Waals surface area contributed by atoms with E-state index in [2.05, 4.69) is 67.1 Å². The quantitative estimate of drug-likeness (QED) is 0.757. The Bertz CT molecular complexity index is 732. The molecule has 3 nitrogen and oxygen atoms in total. The van der Waals surface area contributed by atoms with Gasteiger partial charge in [0.05, 0.1) is 29.9 Å². The molecule has 2 aromatic rings. The van der Waals surface area contributed by atoms with Crippen LogP contribution in [0.4, 0.5) is 17.1 Å². The predicted octanol–water partition coefficient (Wildman–Crippen LogP) is 5.37. The minimum absolute atomic E-state index is 0.471. The lowest BCUT2D eigenvalue weighted by atomic mass is 10.1. The maximum Gasteiger partial charge on any atom is 0.0956 e. The van der Waals surface area contributed by atoms with Gasteiger partial charge in [-0.15, -0.1) is 0 Å². The molecular formula is C21H27N3. The molecule has 2 heterocycles. The summed E-state index contributed by atoms with van der Waals surface area (Å²) in [5.74, 6) is 0.471. The number of aryl methyl sites for hydroxylation is 1. The summed E-state index contributed by atoms with van der Waals surface area (Å²) in [6.45, 7) is 7.57. The van der Waals surface area contributed by atoms with Gasteiger partial charge in [0.25, 0.3) is 0 Å². The molecule has 1 fully saturated rings. The van der Waals surface area contributed by atoms with Crippen molar-refractivity contribution in [3.8, 4) is 0 Å². The average molecular weight is 321 g/mol. The summed E-state index contributed by atoms with van der Waals surface area (Å²) >= 11 is 0. The van der Waals surface area contributed by atoms with Gasteiger partial charge in [0.1, 0.15) is 0 Å². The summed E-state index contributed by atoms with van der Waals surface area (Å²) in [5.41, 5.74) is 6.45. The third-order valence-electron chi connectivity index (χ3n) is 5.53. The maximum absolute atomic E-state index is 4.72. The van der Waals surface area contributed by atoms with Gasteiger partial charge in [0.2, 0.25) is 0 Å². The second-order valence-electron chi connectivity index (χ2n) is 7.52. The van der Waals surface area contributed by atoms with Crippen LogP contribution < -0.4 is 9.80 Å². The van der Waals surface area contributed by atoms with Gasteiger partial charge in [0.15, 0.2) is 0 Å². The number of benzene rings is 1. The van der Waals surface area contributed by atoms with Crippen LogP contribution >= 0.6 is 0 Å². The van der Waals surface area contributed by atoms with Gasteiger partial charge in [-0.1, -0.05) is 38.8 Å². The lowest BCUT2D eigenvalue weighted by Crippen LogP contribution is -2.35. The Labute approximate surface area is 145 Å². The first-order valence-electron chi connectivity index (χ1n) is 9.25. The maximum atomic E-state index is 4.72. The molecule has 0 saturated heterocycles. The van der Waals surface area contributed by atoms with Crippen molar-refractivity contribution in [3.63, 3.8) is 0 Å². The number of pyridine rings is 1. The SMILES string of the molecule is Cc1cc(C(C)C)ncc1N1CN(C2CCCC2)c2ccccc21. The van der Waals surface area contributed by atoms with Gasteiger partial charge < -0.3 is 9.80 Å². The van der Waals surface area contributed by atoms with Crippen molar-refractivity contribution in [1.29, 1.82) is 0 Å². The molecule has 0 spiro atoms. The van der Waals surface area contributed by atoms with Gasteiger partial charge in [-0.2, -0.15) is 0 Å². The summed E-state index contributed by atoms with van der Waals surface area (Å²) in [7, 11) is 0. The monoisotopic (exact) mass is 321 g/mol. The smallest absolute Gasteiger partial charge is 0.0956 e. The first kappa shape index (κ1) is 15.5. The van der Waals surface area contributed by atoms with Crippen molar-refractivity contribution < 1.29 is 0 Å². The van der Waals surface area contributed by atoms with E-state index in [9.17, 15) is 0 Å². The molecule has 0 bridgehead atoms. The molecule has 3 heteroatoms. The molecule has 1 aliphatic carbocycles. The van der Waals surface area contributed by atoms with Crippen LogP contribution in [0, 0.1) is 6.92 Å². The van der Waals surface area contributed by atoms with E-state index >= 15 is 0 Å². The first-order chi connectivity index (χ1) is 11.6. The number of hydrogen-bond donors (Lipinski definition) is 0. The molecule has 0 radical (unpaired) electrons. The molecule has 0 N–H and O–H groups in total. The first-order valence-corrected chi connectivity index (χ1v) is 9.25. The third-order valence-corrected chi connectivity index (χ3v) is 5.53. The average Bonchev–Trinajstić information content (AvgIpc) is 3.22. The minimum atomic E-state index is 0.471. The molecular weight excluding hydrogens is 294 g/mol. The highest BCUT2D eigenvalue weighted by Crippen LogP contribution is 2.44. The zero-order chi connectivity index (χ0) is 16.7. The van der Waals surface area contributed by atoms with E-state index in [0.29, 0.717) is 12.0 Å². The van der Waals surface area contributed by atoms with E-state index in [-0.39, 0.29) is 0 Å². The van der Waals surface area contributed by atoms with E-state index in [0.717, 1.165) is 6.67 Å². The molecule has 2 aliphatic rings. The highest BCUT2D eigenvalue weighted by molar-refractivity contribution is 5.83. The van der Waals surface area contributed by atoms with Crippen LogP contribution in [0.3, 0.4) is 0 Å². The Morgan fingerprint density at radius 2 is 1.75 bits per heavy atom. The van der Waals surface area contributed by atoms with Gasteiger partial charge in [0, 0.05) is 11.7 Å². The van der Waals surface area contributed by atoms with Gasteiger partial charge in [-0.05, 0) is 49.4 Å². The van der Waals surface area contributed by atoms with E-state index < -0.39 is 0 Å². The summed E-state index contributed by atoms with van der Waals surface area (Å²) in [5, 5.41) is 0. The van der Waals surface area contributed by atoms with Crippen LogP contribution in [0.2, 0.25) is 0 Å². The number of anilines is 3. The molecule has 1 aliphatic heterocycles. The number of aromatic nitrogens is 1. The second kappa shape index (κ2) is 6.12. The zero-order valence-corrected chi connectivity index (χ0v) is 15.0. The normalized spacial score (nSPS) is 17.8. The third kappa shape index (κ3) is 2.56. The Hall–Kier alpha value is -2.03. The fraction of sp³-hybridized carbons (Fsp3) is 0.476. The highest BCUT2D eigenvalue weighted by atomic mass is 15.4. The predicted molar refractivity (Wildman–Crippen MR) is 101 cm³/mol. The van der Waals surface area contributed by atoms with Crippen LogP contribution in [0.1, 0.15) is 56.7 Å². The Morgan fingerprint density at radius 1 is 1.04 bits per heavy atom. The van der Waals surface area contributed by atoms with Crippen molar-refractivity contribution >= 4 is 17.1 Å². The van der Waals surface area contributed by atoms with Crippen LogP contribution in [0.25, 0.3) is 0 Å². The number of fused-ring (bicyclic) bond motifs is 1. The summed E-state index contributed by atoms with van der Waals surface area (Å²) in [4.78, 5) is 9.77. The van der Waals surface area contributed by atoms with E-state index in [1.807, 2.05) is 0 Å². The van der Waals surface area contributed by atoms with Crippen LogP contribution in [-0.4, -0.2) is 17.7 Å². The van der Waals surface area contributed by atoms with Gasteiger partial charge in [-0.25, -0.2) is 0 Å². The van der Waals surface area contributed by atoms with Crippen molar-refractivity contribution in [2.24, 2.45) is 0 Å². The molecule has 0 unspecified atom stereocenters. The molecule has 1 saturated carbocycles. The topological polar surface area (TPSA) is 19.4 Å². The molecule has 24 heavy (non-hydrogen) atoms. The summed E-state index contributed by atoms with van der Waals surface area (Å²) in [6, 6.07) is 11.8. The highest BCUT2D eigenvalue weighted by Gasteiger charge is 2.33. The van der Waals surface area contributed by atoms with E-state index in [1.54, 1.807) is 0 Å². The lowest BCUT2D eigenvalue weighted by Gasteiger charge is -2.28. The Kier molecular flexibility index (Phi) is 3.95. The van der Waals surface area contributed by atoms with Gasteiger partial charge >= 0.3 is 0 Å². The fourth-order valence-electron chi connectivity index (χ4n) is 4.14. The van der Waals surface area contributed by atoms with Crippen LogP contribution in [0.5, 0.6) is 0 Å². The fourth-order valence-corrected chi connectivity index (χ4v) is 4.14. The van der Waals surface area contributed by atoms with Crippen LogP contribution in [0.15, 0.2) is 36.5 Å². The number of nitrogens with zero attached hydrogens (tertiary/aromatic N) is 3. The summed E-state index contributed by atoms with van der Waals surface area (Å²) in [6.07, 6.45) is 7.46. The van der Waals surface area contributed by atoms with Crippen molar-refractivity contribution in [3.05, 3.63) is 47.8 Å². The van der Waals surface area contributed by atoms with Crippen molar-refractivity contribution in [2.75, 3.05) is 16.5 Å². The molecule has 4 rings (SSSR count). The molecule has 0 atom stereocenters. The minimum Gasteiger partial charge on any atom is -0.349 e. The summed E-state index contributed by atoms with van der Waals surface area (Å²) < 4.78 is 0. The van der Waals surface area contributed by atoms with Crippen LogP contribution in [-0.2, 0) is 0 Å². The molecule has 1 aromatic heterocycles. The zero-order valence-electron chi connectivity index (χ0n) is 15.0. The number of rotatable bonds is 3. The standard InChI is InChI=1S/C21H27N3/c1-15(2)18-12-16(3)21(13-22-18)24-14-23(17-8-4-5-9-17)19-10-6-7-11-20(19)24/h6-7,10-13,15,17H,4-5,8-9,14H2,1-3H3. The lowest BCUT2D eigenvalue weighted by molar-refractivity contribution is 0.624. The van der Waals surface area contributed by atoms with E-state index in [4.69, 9.17) is 4.98 Å². The number of hydrogen-bond acceptors (Lipinski definition) is 3. The Balaban J connectivity index is 1.71. The molecule has 1 aromatic carbocycles. The molecule has 0 amide bonds. The van der Waals surface area contributed by atoms with Crippen molar-refractivity contribution in [2.45, 2.75) is 58.4 Å². The largest absolute Gasteiger partial charge is 0.349 e.